The molecule has 0 saturated carbocycles. The Hall–Kier alpha value is -5.02. The quantitative estimate of drug-likeness (QED) is 0.175. The van der Waals surface area contributed by atoms with E-state index in [9.17, 15) is 0 Å². The van der Waals surface area contributed by atoms with Gasteiger partial charge in [-0.05, 0) is 78.8 Å². The normalized spacial score (nSPS) is 12.1. The molecule has 0 aliphatic heterocycles. The Kier molecular flexibility index (Phi) is 5.13. The van der Waals surface area contributed by atoms with E-state index in [1.54, 1.807) is 0 Å². The summed E-state index contributed by atoms with van der Waals surface area (Å²) in [5.74, 6) is 0. The van der Waals surface area contributed by atoms with Crippen molar-refractivity contribution >= 4 is 95.3 Å². The van der Waals surface area contributed by atoms with E-state index in [2.05, 4.69) is 146 Å². The molecule has 0 nitrogen and oxygen atoms in total. The molecule has 10 rings (SSSR count). The monoisotopic (exact) mass is 592 g/mol. The minimum absolute atomic E-state index is 1.27. The second kappa shape index (κ2) is 9.24. The van der Waals surface area contributed by atoms with E-state index in [0.29, 0.717) is 0 Å². The van der Waals surface area contributed by atoms with E-state index in [1.165, 1.54) is 94.9 Å². The lowest BCUT2D eigenvalue weighted by Crippen LogP contribution is -1.91. The molecule has 2 aromatic heterocycles. The lowest BCUT2D eigenvalue weighted by molar-refractivity contribution is 1.69. The Balaban J connectivity index is 1.26. The van der Waals surface area contributed by atoms with Gasteiger partial charge in [0.05, 0.1) is 0 Å². The SMILES string of the molecule is c1ccc2c(-c3c4ccccc4c(-c4ccc5c(c4)sc4cc6c(cc45)sc4ccccc46)c4ccccc34)cccc2c1. The van der Waals surface area contributed by atoms with Gasteiger partial charge in [-0.2, -0.15) is 0 Å². The van der Waals surface area contributed by atoms with Crippen LogP contribution in [0.3, 0.4) is 0 Å². The van der Waals surface area contributed by atoms with Gasteiger partial charge in [0.25, 0.3) is 0 Å². The van der Waals surface area contributed by atoms with Crippen molar-refractivity contribution in [2.75, 3.05) is 0 Å². The first-order valence-electron chi connectivity index (χ1n) is 15.0. The van der Waals surface area contributed by atoms with Gasteiger partial charge in [-0.1, -0.05) is 121 Å². The molecule has 10 aromatic rings. The van der Waals surface area contributed by atoms with Crippen molar-refractivity contribution in [2.45, 2.75) is 0 Å². The van der Waals surface area contributed by atoms with Crippen molar-refractivity contribution in [1.82, 2.24) is 0 Å². The standard InChI is InChI=1S/C42H24S2/c1-2-12-27-25(10-1)11-9-18-30(27)42-33-16-5-3-14-31(33)41(32-15-4-6-17-34(32)42)26-20-21-29-36-24-39-35(23-40(36)44-38(29)22-26)28-13-7-8-19-37(28)43-39/h1-24H. The van der Waals surface area contributed by atoms with Gasteiger partial charge in [0.2, 0.25) is 0 Å². The summed E-state index contributed by atoms with van der Waals surface area (Å²) < 4.78 is 5.42. The summed E-state index contributed by atoms with van der Waals surface area (Å²) in [6.07, 6.45) is 0. The van der Waals surface area contributed by atoms with E-state index >= 15 is 0 Å². The molecular weight excluding hydrogens is 569 g/mol. The average molecular weight is 593 g/mol. The van der Waals surface area contributed by atoms with Gasteiger partial charge >= 0.3 is 0 Å². The van der Waals surface area contributed by atoms with Gasteiger partial charge in [-0.3, -0.25) is 0 Å². The Bertz CT molecular complexity index is 2710. The molecule has 2 heterocycles. The first-order chi connectivity index (χ1) is 21.8. The number of benzene rings is 8. The van der Waals surface area contributed by atoms with Crippen molar-refractivity contribution in [3.63, 3.8) is 0 Å². The highest BCUT2D eigenvalue weighted by molar-refractivity contribution is 7.27. The van der Waals surface area contributed by atoms with Crippen molar-refractivity contribution in [2.24, 2.45) is 0 Å². The maximum Gasteiger partial charge on any atom is 0.0362 e. The molecule has 0 spiro atoms. The van der Waals surface area contributed by atoms with Gasteiger partial charge in [0.1, 0.15) is 0 Å². The molecule has 0 amide bonds. The van der Waals surface area contributed by atoms with Crippen LogP contribution < -0.4 is 0 Å². The van der Waals surface area contributed by atoms with Crippen LogP contribution in [0.15, 0.2) is 146 Å². The molecule has 2 heteroatoms. The zero-order chi connectivity index (χ0) is 28.8. The highest BCUT2D eigenvalue weighted by atomic mass is 32.1. The largest absolute Gasteiger partial charge is 0.135 e. The molecule has 204 valence electrons. The number of fused-ring (bicyclic) bond motifs is 9. The fraction of sp³-hybridized carbons (Fsp3) is 0. The fourth-order valence-corrected chi connectivity index (χ4v) is 9.62. The average Bonchev–Trinajstić information content (AvgIpc) is 3.62. The van der Waals surface area contributed by atoms with Crippen LogP contribution in [0.2, 0.25) is 0 Å². The van der Waals surface area contributed by atoms with Crippen molar-refractivity contribution in [3.05, 3.63) is 146 Å². The van der Waals surface area contributed by atoms with Crippen molar-refractivity contribution in [1.29, 1.82) is 0 Å². The summed E-state index contributed by atoms with van der Waals surface area (Å²) in [4.78, 5) is 0. The van der Waals surface area contributed by atoms with E-state index in [0.717, 1.165) is 0 Å². The van der Waals surface area contributed by atoms with Gasteiger partial charge in [-0.15, -0.1) is 22.7 Å². The summed E-state index contributed by atoms with van der Waals surface area (Å²) in [5, 5.41) is 13.2. The van der Waals surface area contributed by atoms with E-state index in [-0.39, 0.29) is 0 Å². The van der Waals surface area contributed by atoms with Crippen LogP contribution in [0.25, 0.3) is 94.9 Å². The van der Waals surface area contributed by atoms with Gasteiger partial charge in [0, 0.05) is 40.3 Å². The maximum atomic E-state index is 2.43. The smallest absolute Gasteiger partial charge is 0.0362 e. The number of thiophene rings is 2. The van der Waals surface area contributed by atoms with Crippen LogP contribution in [-0.4, -0.2) is 0 Å². The van der Waals surface area contributed by atoms with E-state index in [4.69, 9.17) is 0 Å². The van der Waals surface area contributed by atoms with Crippen LogP contribution >= 0.6 is 22.7 Å². The molecule has 0 saturated heterocycles. The number of hydrogen-bond acceptors (Lipinski definition) is 2. The minimum Gasteiger partial charge on any atom is -0.135 e. The van der Waals surface area contributed by atoms with Gasteiger partial charge in [-0.25, -0.2) is 0 Å². The summed E-state index contributed by atoms with van der Waals surface area (Å²) in [6, 6.07) is 54.1. The lowest BCUT2D eigenvalue weighted by Gasteiger charge is -2.18. The second-order valence-electron chi connectivity index (χ2n) is 11.6. The summed E-state index contributed by atoms with van der Waals surface area (Å²) in [7, 11) is 0. The predicted molar refractivity (Wildman–Crippen MR) is 196 cm³/mol. The van der Waals surface area contributed by atoms with E-state index < -0.39 is 0 Å². The Labute approximate surface area is 262 Å². The van der Waals surface area contributed by atoms with Crippen LogP contribution in [-0.2, 0) is 0 Å². The molecule has 0 aliphatic rings. The van der Waals surface area contributed by atoms with Crippen LogP contribution in [0.5, 0.6) is 0 Å². The highest BCUT2D eigenvalue weighted by Gasteiger charge is 2.19. The predicted octanol–water partition coefficient (Wildman–Crippen LogP) is 13.2. The zero-order valence-corrected chi connectivity index (χ0v) is 25.3. The third-order valence-corrected chi connectivity index (χ3v) is 11.5. The third kappa shape index (κ3) is 3.44. The molecule has 44 heavy (non-hydrogen) atoms. The molecule has 0 aliphatic carbocycles. The minimum atomic E-state index is 1.27. The molecule has 0 atom stereocenters. The highest BCUT2D eigenvalue weighted by Crippen LogP contribution is 2.47. The third-order valence-electron chi connectivity index (χ3n) is 9.25. The fourth-order valence-electron chi connectivity index (χ4n) is 7.32. The van der Waals surface area contributed by atoms with Crippen LogP contribution in [0.1, 0.15) is 0 Å². The summed E-state index contributed by atoms with van der Waals surface area (Å²) >= 11 is 3.81. The molecule has 0 N–H and O–H groups in total. The topological polar surface area (TPSA) is 0 Å². The van der Waals surface area contributed by atoms with Gasteiger partial charge < -0.3 is 0 Å². The van der Waals surface area contributed by atoms with Crippen LogP contribution in [0.4, 0.5) is 0 Å². The second-order valence-corrected chi connectivity index (χ2v) is 13.8. The van der Waals surface area contributed by atoms with E-state index in [1.807, 2.05) is 22.7 Å². The first kappa shape index (κ1) is 24.4. The Morgan fingerprint density at radius 1 is 0.295 bits per heavy atom. The first-order valence-corrected chi connectivity index (χ1v) is 16.6. The summed E-state index contributed by atoms with van der Waals surface area (Å²) in [6.45, 7) is 0. The zero-order valence-electron chi connectivity index (χ0n) is 23.7. The molecule has 0 unspecified atom stereocenters. The lowest BCUT2D eigenvalue weighted by atomic mass is 9.84. The molecule has 0 bridgehead atoms. The molecule has 8 aromatic carbocycles. The number of hydrogen-bond donors (Lipinski definition) is 0. The van der Waals surface area contributed by atoms with Gasteiger partial charge in [0.15, 0.2) is 0 Å². The maximum absolute atomic E-state index is 2.43. The molecular formula is C42H24S2. The molecule has 0 radical (unpaired) electrons. The van der Waals surface area contributed by atoms with Crippen LogP contribution in [0, 0.1) is 0 Å². The van der Waals surface area contributed by atoms with Crippen molar-refractivity contribution in [3.8, 4) is 22.3 Å². The Morgan fingerprint density at radius 2 is 0.795 bits per heavy atom. The summed E-state index contributed by atoms with van der Waals surface area (Å²) in [5.41, 5.74) is 5.18. The Morgan fingerprint density at radius 3 is 1.50 bits per heavy atom. The number of rotatable bonds is 2. The molecule has 0 fully saturated rings. The van der Waals surface area contributed by atoms with Crippen molar-refractivity contribution < 1.29 is 0 Å².